The summed E-state index contributed by atoms with van der Waals surface area (Å²) in [4.78, 5) is 4.53. The third-order valence-electron chi connectivity index (χ3n) is 4.00. The highest BCUT2D eigenvalue weighted by molar-refractivity contribution is 5.54. The molecule has 1 aromatic carbocycles. The maximum atomic E-state index is 8.80. The van der Waals surface area contributed by atoms with Crippen LogP contribution in [0.3, 0.4) is 0 Å². The SMILES string of the molecule is CC1CCCC(c2noc(-c3ccc(C#N)cc3)n2)C1. The van der Waals surface area contributed by atoms with Crippen molar-refractivity contribution in [2.75, 3.05) is 0 Å². The molecule has 1 heterocycles. The van der Waals surface area contributed by atoms with Crippen LogP contribution in [0.5, 0.6) is 0 Å². The Bertz CT molecular complexity index is 624. The van der Waals surface area contributed by atoms with Gasteiger partial charge in [0.1, 0.15) is 0 Å². The summed E-state index contributed by atoms with van der Waals surface area (Å²) in [7, 11) is 0. The third-order valence-corrected chi connectivity index (χ3v) is 4.00. The molecule has 0 aliphatic heterocycles. The molecule has 0 amide bonds. The normalized spacial score (nSPS) is 22.4. The fourth-order valence-corrected chi connectivity index (χ4v) is 2.87. The summed E-state index contributed by atoms with van der Waals surface area (Å²) < 4.78 is 5.37. The van der Waals surface area contributed by atoms with Crippen LogP contribution in [0.25, 0.3) is 11.5 Å². The van der Waals surface area contributed by atoms with Gasteiger partial charge in [0.15, 0.2) is 5.82 Å². The number of aromatic nitrogens is 2. The molecule has 0 saturated heterocycles. The van der Waals surface area contributed by atoms with Crippen LogP contribution in [0.1, 0.15) is 49.9 Å². The van der Waals surface area contributed by atoms with Crippen LogP contribution in [0, 0.1) is 17.2 Å². The third kappa shape index (κ3) is 2.57. The molecule has 102 valence electrons. The molecule has 0 spiro atoms. The van der Waals surface area contributed by atoms with Crippen molar-refractivity contribution in [2.45, 2.75) is 38.5 Å². The van der Waals surface area contributed by atoms with E-state index in [4.69, 9.17) is 9.78 Å². The second kappa shape index (κ2) is 5.46. The molecule has 1 saturated carbocycles. The van der Waals surface area contributed by atoms with Crippen molar-refractivity contribution in [2.24, 2.45) is 5.92 Å². The van der Waals surface area contributed by atoms with Crippen molar-refractivity contribution in [1.29, 1.82) is 5.26 Å². The second-order valence-corrected chi connectivity index (χ2v) is 5.62. The number of hydrogen-bond donors (Lipinski definition) is 0. The predicted molar refractivity (Wildman–Crippen MR) is 74.8 cm³/mol. The van der Waals surface area contributed by atoms with Gasteiger partial charge >= 0.3 is 0 Å². The van der Waals surface area contributed by atoms with E-state index in [9.17, 15) is 0 Å². The predicted octanol–water partition coefficient (Wildman–Crippen LogP) is 3.90. The van der Waals surface area contributed by atoms with Crippen molar-refractivity contribution in [3.8, 4) is 17.5 Å². The Kier molecular flexibility index (Phi) is 3.51. The van der Waals surface area contributed by atoms with Crippen molar-refractivity contribution in [1.82, 2.24) is 10.1 Å². The van der Waals surface area contributed by atoms with Gasteiger partial charge in [0, 0.05) is 11.5 Å². The zero-order valence-corrected chi connectivity index (χ0v) is 11.5. The van der Waals surface area contributed by atoms with Crippen LogP contribution in [-0.4, -0.2) is 10.1 Å². The lowest BCUT2D eigenvalue weighted by Crippen LogP contribution is -2.12. The highest BCUT2D eigenvalue weighted by Crippen LogP contribution is 2.35. The van der Waals surface area contributed by atoms with Gasteiger partial charge < -0.3 is 4.52 Å². The van der Waals surface area contributed by atoms with E-state index in [1.54, 1.807) is 12.1 Å². The number of rotatable bonds is 2. The summed E-state index contributed by atoms with van der Waals surface area (Å²) in [5, 5.41) is 12.9. The Hall–Kier alpha value is -2.15. The number of nitrogens with zero attached hydrogens (tertiary/aromatic N) is 3. The first-order valence-corrected chi connectivity index (χ1v) is 7.10. The zero-order chi connectivity index (χ0) is 13.9. The van der Waals surface area contributed by atoms with Crippen LogP contribution in [0.15, 0.2) is 28.8 Å². The summed E-state index contributed by atoms with van der Waals surface area (Å²) in [6.45, 7) is 2.29. The molecular formula is C16H17N3O. The zero-order valence-electron chi connectivity index (χ0n) is 11.5. The molecular weight excluding hydrogens is 250 g/mol. The first-order chi connectivity index (χ1) is 9.76. The summed E-state index contributed by atoms with van der Waals surface area (Å²) in [5.74, 6) is 2.54. The number of benzene rings is 1. The molecule has 1 aliphatic rings. The minimum atomic E-state index is 0.426. The van der Waals surface area contributed by atoms with Crippen molar-refractivity contribution in [3.63, 3.8) is 0 Å². The van der Waals surface area contributed by atoms with Gasteiger partial charge in [-0.25, -0.2) is 0 Å². The number of hydrogen-bond acceptors (Lipinski definition) is 4. The Labute approximate surface area is 118 Å². The molecule has 0 radical (unpaired) electrons. The molecule has 3 rings (SSSR count). The summed E-state index contributed by atoms with van der Waals surface area (Å²) in [6, 6.07) is 9.33. The minimum Gasteiger partial charge on any atom is -0.334 e. The maximum Gasteiger partial charge on any atom is 0.257 e. The molecule has 2 aromatic rings. The first kappa shape index (κ1) is 12.9. The lowest BCUT2D eigenvalue weighted by atomic mass is 9.82. The highest BCUT2D eigenvalue weighted by atomic mass is 16.5. The quantitative estimate of drug-likeness (QED) is 0.827. The van der Waals surface area contributed by atoms with E-state index >= 15 is 0 Å². The van der Waals surface area contributed by atoms with Gasteiger partial charge in [-0.1, -0.05) is 24.9 Å². The minimum absolute atomic E-state index is 0.426. The fraction of sp³-hybridized carbons (Fsp3) is 0.438. The largest absolute Gasteiger partial charge is 0.334 e. The van der Waals surface area contributed by atoms with E-state index in [0.717, 1.165) is 30.1 Å². The van der Waals surface area contributed by atoms with Crippen LogP contribution in [0.4, 0.5) is 0 Å². The van der Waals surface area contributed by atoms with Crippen LogP contribution in [0.2, 0.25) is 0 Å². The van der Waals surface area contributed by atoms with Gasteiger partial charge in [-0.3, -0.25) is 0 Å². The molecule has 4 heteroatoms. The molecule has 4 nitrogen and oxygen atoms in total. The van der Waals surface area contributed by atoms with E-state index in [2.05, 4.69) is 23.1 Å². The summed E-state index contributed by atoms with van der Waals surface area (Å²) >= 11 is 0. The number of nitriles is 1. The van der Waals surface area contributed by atoms with Gasteiger partial charge in [-0.05, 0) is 43.0 Å². The Morgan fingerprint density at radius 2 is 2.05 bits per heavy atom. The molecule has 1 aromatic heterocycles. The van der Waals surface area contributed by atoms with E-state index < -0.39 is 0 Å². The van der Waals surface area contributed by atoms with Gasteiger partial charge in [0.25, 0.3) is 5.89 Å². The molecule has 1 aliphatic carbocycles. The highest BCUT2D eigenvalue weighted by Gasteiger charge is 2.24. The molecule has 0 bridgehead atoms. The van der Waals surface area contributed by atoms with Crippen LogP contribution >= 0.6 is 0 Å². The fourth-order valence-electron chi connectivity index (χ4n) is 2.87. The second-order valence-electron chi connectivity index (χ2n) is 5.62. The topological polar surface area (TPSA) is 62.7 Å². The molecule has 0 N–H and O–H groups in total. The monoisotopic (exact) mass is 267 g/mol. The first-order valence-electron chi connectivity index (χ1n) is 7.10. The van der Waals surface area contributed by atoms with Crippen LogP contribution in [-0.2, 0) is 0 Å². The van der Waals surface area contributed by atoms with Crippen molar-refractivity contribution >= 4 is 0 Å². The average molecular weight is 267 g/mol. The molecule has 20 heavy (non-hydrogen) atoms. The standard InChI is InChI=1S/C16H17N3O/c1-11-3-2-4-14(9-11)15-18-16(20-19-15)13-7-5-12(10-17)6-8-13/h5-8,11,14H,2-4,9H2,1H3. The lowest BCUT2D eigenvalue weighted by molar-refractivity contribution is 0.324. The summed E-state index contributed by atoms with van der Waals surface area (Å²) in [6.07, 6.45) is 4.84. The maximum absolute atomic E-state index is 8.80. The smallest absolute Gasteiger partial charge is 0.257 e. The van der Waals surface area contributed by atoms with Gasteiger partial charge in [0.05, 0.1) is 11.6 Å². The van der Waals surface area contributed by atoms with Crippen molar-refractivity contribution < 1.29 is 4.52 Å². The molecule has 2 unspecified atom stereocenters. The summed E-state index contributed by atoms with van der Waals surface area (Å²) in [5.41, 5.74) is 1.50. The Morgan fingerprint density at radius 1 is 1.25 bits per heavy atom. The Balaban J connectivity index is 1.80. The van der Waals surface area contributed by atoms with E-state index in [-0.39, 0.29) is 0 Å². The van der Waals surface area contributed by atoms with E-state index in [0.29, 0.717) is 17.4 Å². The van der Waals surface area contributed by atoms with Gasteiger partial charge in [0.2, 0.25) is 0 Å². The van der Waals surface area contributed by atoms with E-state index in [1.165, 1.54) is 12.8 Å². The van der Waals surface area contributed by atoms with E-state index in [1.807, 2.05) is 12.1 Å². The van der Waals surface area contributed by atoms with Crippen molar-refractivity contribution in [3.05, 3.63) is 35.7 Å². The lowest BCUT2D eigenvalue weighted by Gasteiger charge is -2.23. The van der Waals surface area contributed by atoms with Gasteiger partial charge in [-0.15, -0.1) is 0 Å². The average Bonchev–Trinajstić information content (AvgIpc) is 2.97. The Morgan fingerprint density at radius 3 is 2.75 bits per heavy atom. The van der Waals surface area contributed by atoms with Crippen LogP contribution < -0.4 is 0 Å². The van der Waals surface area contributed by atoms with Gasteiger partial charge in [-0.2, -0.15) is 10.2 Å². The molecule has 2 atom stereocenters. The molecule has 1 fully saturated rings.